The molecule has 1 heterocycles. The van der Waals surface area contributed by atoms with Crippen LogP contribution in [-0.2, 0) is 19.1 Å². The van der Waals surface area contributed by atoms with Crippen LogP contribution in [0.4, 0.5) is 4.79 Å². The Kier molecular flexibility index (Phi) is 6.65. The van der Waals surface area contributed by atoms with Crippen LogP contribution in [0.3, 0.4) is 0 Å². The van der Waals surface area contributed by atoms with Gasteiger partial charge in [0.15, 0.2) is 0 Å². The van der Waals surface area contributed by atoms with Gasteiger partial charge >= 0.3 is 12.1 Å². The van der Waals surface area contributed by atoms with Crippen molar-refractivity contribution in [1.29, 1.82) is 0 Å². The van der Waals surface area contributed by atoms with Gasteiger partial charge in [0.05, 0.1) is 18.6 Å². The smallest absolute Gasteiger partial charge is 0.407 e. The number of rotatable bonds is 8. The number of benzene rings is 2. The molecule has 1 aliphatic heterocycles. The Balaban J connectivity index is 1.42. The number of ether oxygens (including phenoxy) is 2. The van der Waals surface area contributed by atoms with E-state index in [1.165, 1.54) is 0 Å². The first-order valence-electron chi connectivity index (χ1n) is 11.2. The lowest BCUT2D eigenvalue weighted by molar-refractivity contribution is -0.140. The summed E-state index contributed by atoms with van der Waals surface area (Å²) in [6.07, 6.45) is -0.0911. The molecule has 174 valence electrons. The summed E-state index contributed by atoms with van der Waals surface area (Å²) in [5.41, 5.74) is 3.80. The number of hydrogen-bond donors (Lipinski definition) is 3. The Hall–Kier alpha value is -3.39. The van der Waals surface area contributed by atoms with Gasteiger partial charge in [-0.25, -0.2) is 4.79 Å². The molecule has 4 rings (SSSR count). The lowest BCUT2D eigenvalue weighted by Crippen LogP contribution is -2.56. The molecular formula is C25H28N2O6. The molecular weight excluding hydrogens is 424 g/mol. The number of carboxylic acid groups (broad SMARTS) is 1. The second-order valence-corrected chi connectivity index (χ2v) is 8.55. The first-order chi connectivity index (χ1) is 15.9. The zero-order chi connectivity index (χ0) is 23.4. The Bertz CT molecular complexity index is 1000. The monoisotopic (exact) mass is 452 g/mol. The summed E-state index contributed by atoms with van der Waals surface area (Å²) in [6.45, 7) is 2.89. The molecule has 1 aliphatic carbocycles. The minimum absolute atomic E-state index is 0.0774. The van der Waals surface area contributed by atoms with Crippen LogP contribution in [0.5, 0.6) is 0 Å². The highest BCUT2D eigenvalue weighted by atomic mass is 16.5. The van der Waals surface area contributed by atoms with Crippen molar-refractivity contribution in [2.24, 2.45) is 0 Å². The van der Waals surface area contributed by atoms with E-state index in [-0.39, 0.29) is 12.5 Å². The molecule has 0 radical (unpaired) electrons. The van der Waals surface area contributed by atoms with Gasteiger partial charge in [-0.2, -0.15) is 0 Å². The summed E-state index contributed by atoms with van der Waals surface area (Å²) < 4.78 is 10.9. The Labute approximate surface area is 192 Å². The Morgan fingerprint density at radius 1 is 1.12 bits per heavy atom. The zero-order valence-electron chi connectivity index (χ0n) is 18.5. The second kappa shape index (κ2) is 9.62. The molecule has 0 spiro atoms. The number of alkyl carbamates (subject to hydrolysis) is 1. The molecule has 2 amide bonds. The van der Waals surface area contributed by atoms with Crippen LogP contribution in [0.2, 0.25) is 0 Å². The topological polar surface area (TPSA) is 114 Å². The summed E-state index contributed by atoms with van der Waals surface area (Å²) in [5.74, 6) is -1.88. The van der Waals surface area contributed by atoms with E-state index in [2.05, 4.69) is 10.6 Å². The third-order valence-corrected chi connectivity index (χ3v) is 6.50. The van der Waals surface area contributed by atoms with E-state index in [9.17, 15) is 19.5 Å². The largest absolute Gasteiger partial charge is 0.481 e. The van der Waals surface area contributed by atoms with Gasteiger partial charge in [0.1, 0.15) is 12.6 Å². The lowest BCUT2D eigenvalue weighted by Gasteiger charge is -2.29. The van der Waals surface area contributed by atoms with Crippen molar-refractivity contribution in [2.75, 3.05) is 19.8 Å². The van der Waals surface area contributed by atoms with E-state index >= 15 is 0 Å². The van der Waals surface area contributed by atoms with E-state index in [0.717, 1.165) is 22.3 Å². The number of carbonyl (C=O) groups excluding carboxylic acids is 2. The Morgan fingerprint density at radius 2 is 1.76 bits per heavy atom. The Morgan fingerprint density at radius 3 is 2.30 bits per heavy atom. The molecule has 1 saturated heterocycles. The predicted molar refractivity (Wildman–Crippen MR) is 121 cm³/mol. The molecule has 8 heteroatoms. The van der Waals surface area contributed by atoms with Gasteiger partial charge in [0.2, 0.25) is 5.91 Å². The minimum Gasteiger partial charge on any atom is -0.481 e. The van der Waals surface area contributed by atoms with Crippen molar-refractivity contribution in [3.63, 3.8) is 0 Å². The van der Waals surface area contributed by atoms with Gasteiger partial charge < -0.3 is 25.2 Å². The molecule has 3 N–H and O–H groups in total. The number of amides is 2. The standard InChI is InChI=1S/C25H28N2O6/c1-2-25(11-12-32-15-25)27-23(30)21(13-22(28)29)26-24(31)33-14-20-18-9-5-3-7-16(18)17-8-4-6-10-19(17)20/h3-10,20-21H,2,11-15H2,1H3,(H,26,31)(H,27,30)(H,28,29). The van der Waals surface area contributed by atoms with Crippen LogP contribution >= 0.6 is 0 Å². The van der Waals surface area contributed by atoms with Crippen LogP contribution in [0, 0.1) is 0 Å². The molecule has 2 aromatic rings. The highest BCUT2D eigenvalue weighted by molar-refractivity contribution is 5.89. The maximum Gasteiger partial charge on any atom is 0.407 e. The molecule has 0 saturated carbocycles. The normalized spacial score (nSPS) is 19.9. The summed E-state index contributed by atoms with van der Waals surface area (Å²) in [5, 5.41) is 14.6. The zero-order valence-corrected chi connectivity index (χ0v) is 18.5. The quantitative estimate of drug-likeness (QED) is 0.567. The van der Waals surface area contributed by atoms with Gasteiger partial charge in [-0.3, -0.25) is 9.59 Å². The lowest BCUT2D eigenvalue weighted by atomic mass is 9.94. The molecule has 33 heavy (non-hydrogen) atoms. The van der Waals surface area contributed by atoms with Crippen molar-refractivity contribution in [3.05, 3.63) is 59.7 Å². The first-order valence-corrected chi connectivity index (χ1v) is 11.2. The molecule has 0 bridgehead atoms. The SMILES string of the molecule is CCC1(NC(=O)C(CC(=O)O)NC(=O)OCC2c3ccccc3-c3ccccc32)CCOC1. The van der Waals surface area contributed by atoms with Crippen molar-refractivity contribution >= 4 is 18.0 Å². The average Bonchev–Trinajstić information content (AvgIpc) is 3.40. The van der Waals surface area contributed by atoms with Gasteiger partial charge in [0.25, 0.3) is 0 Å². The van der Waals surface area contributed by atoms with Crippen LogP contribution in [0.15, 0.2) is 48.5 Å². The summed E-state index contributed by atoms with van der Waals surface area (Å²) in [4.78, 5) is 36.7. The fraction of sp³-hybridized carbons (Fsp3) is 0.400. The van der Waals surface area contributed by atoms with E-state index in [0.29, 0.717) is 26.1 Å². The van der Waals surface area contributed by atoms with Crippen molar-refractivity contribution < 1.29 is 29.0 Å². The van der Waals surface area contributed by atoms with Crippen molar-refractivity contribution in [2.45, 2.75) is 43.7 Å². The van der Waals surface area contributed by atoms with Crippen LogP contribution in [0.1, 0.15) is 43.2 Å². The minimum atomic E-state index is -1.25. The number of carboxylic acids is 1. The average molecular weight is 453 g/mol. The van der Waals surface area contributed by atoms with Crippen molar-refractivity contribution in [1.82, 2.24) is 10.6 Å². The van der Waals surface area contributed by atoms with E-state index in [1.807, 2.05) is 55.5 Å². The number of nitrogens with one attached hydrogen (secondary N) is 2. The van der Waals surface area contributed by atoms with Gasteiger partial charge in [-0.15, -0.1) is 0 Å². The van der Waals surface area contributed by atoms with Gasteiger partial charge in [-0.05, 0) is 35.1 Å². The molecule has 2 aliphatic rings. The molecule has 1 fully saturated rings. The third-order valence-electron chi connectivity index (χ3n) is 6.50. The number of aliphatic carboxylic acids is 1. The molecule has 2 unspecified atom stereocenters. The summed E-state index contributed by atoms with van der Waals surface area (Å²) >= 11 is 0. The maximum atomic E-state index is 12.8. The van der Waals surface area contributed by atoms with E-state index < -0.39 is 36.0 Å². The fourth-order valence-corrected chi connectivity index (χ4v) is 4.59. The highest BCUT2D eigenvalue weighted by Gasteiger charge is 2.37. The molecule has 8 nitrogen and oxygen atoms in total. The highest BCUT2D eigenvalue weighted by Crippen LogP contribution is 2.44. The van der Waals surface area contributed by atoms with Crippen LogP contribution < -0.4 is 10.6 Å². The van der Waals surface area contributed by atoms with Crippen LogP contribution in [-0.4, -0.2) is 54.5 Å². The number of carbonyl (C=O) groups is 3. The predicted octanol–water partition coefficient (Wildman–Crippen LogP) is 3.05. The summed E-state index contributed by atoms with van der Waals surface area (Å²) in [7, 11) is 0. The second-order valence-electron chi connectivity index (χ2n) is 8.55. The first kappa shape index (κ1) is 22.8. The van der Waals surface area contributed by atoms with Gasteiger partial charge in [-0.1, -0.05) is 55.5 Å². The van der Waals surface area contributed by atoms with Crippen molar-refractivity contribution in [3.8, 4) is 11.1 Å². The molecule has 2 aromatic carbocycles. The van der Waals surface area contributed by atoms with E-state index in [4.69, 9.17) is 9.47 Å². The third kappa shape index (κ3) is 4.85. The maximum absolute atomic E-state index is 12.8. The molecule has 2 atom stereocenters. The fourth-order valence-electron chi connectivity index (χ4n) is 4.59. The number of hydrogen-bond acceptors (Lipinski definition) is 5. The van der Waals surface area contributed by atoms with Crippen LogP contribution in [0.25, 0.3) is 11.1 Å². The molecule has 0 aromatic heterocycles. The van der Waals surface area contributed by atoms with Gasteiger partial charge in [0, 0.05) is 12.5 Å². The van der Waals surface area contributed by atoms with E-state index in [1.54, 1.807) is 0 Å². The number of fused-ring (bicyclic) bond motifs is 3. The summed E-state index contributed by atoms with van der Waals surface area (Å²) in [6, 6.07) is 14.7.